The van der Waals surface area contributed by atoms with Crippen LogP contribution in [0.15, 0.2) is 69.9 Å². The quantitative estimate of drug-likeness (QED) is 0.413. The summed E-state index contributed by atoms with van der Waals surface area (Å²) in [5, 5.41) is 2.14. The second kappa shape index (κ2) is 10.2. The molecule has 5 rings (SSSR count). The Morgan fingerprint density at radius 2 is 1.74 bits per heavy atom. The van der Waals surface area contributed by atoms with Crippen LogP contribution in [0.5, 0.6) is 0 Å². The zero-order valence-electron chi connectivity index (χ0n) is 19.8. The summed E-state index contributed by atoms with van der Waals surface area (Å²) in [5.74, 6) is 0.402. The smallest absolute Gasteiger partial charge is 0.243 e. The van der Waals surface area contributed by atoms with Gasteiger partial charge >= 0.3 is 0 Å². The Bertz CT molecular complexity index is 1290. The SMILES string of the molecule is CC1CCCN(S(=O)(=O)c2cccc(-c3csc(=Nc4ccccc4)n3C3CCCCC3)c2)C1. The number of thiazole rings is 1. The van der Waals surface area contributed by atoms with Gasteiger partial charge in [0.05, 0.1) is 16.3 Å². The predicted molar refractivity (Wildman–Crippen MR) is 139 cm³/mol. The van der Waals surface area contributed by atoms with Crippen molar-refractivity contribution in [2.45, 2.75) is 62.8 Å². The molecular weight excluding hydrogens is 462 g/mol. The molecule has 1 aliphatic carbocycles. The van der Waals surface area contributed by atoms with Crippen molar-refractivity contribution in [1.82, 2.24) is 8.87 Å². The fourth-order valence-electron chi connectivity index (χ4n) is 5.25. The Morgan fingerprint density at radius 3 is 2.50 bits per heavy atom. The molecule has 1 aliphatic heterocycles. The average molecular weight is 496 g/mol. The molecule has 180 valence electrons. The summed E-state index contributed by atoms with van der Waals surface area (Å²) in [6, 6.07) is 18.0. The molecule has 1 saturated carbocycles. The highest BCUT2D eigenvalue weighted by Crippen LogP contribution is 2.34. The fourth-order valence-corrected chi connectivity index (χ4v) is 7.88. The zero-order valence-corrected chi connectivity index (χ0v) is 21.4. The summed E-state index contributed by atoms with van der Waals surface area (Å²) in [5.41, 5.74) is 2.95. The van der Waals surface area contributed by atoms with Crippen LogP contribution >= 0.6 is 11.3 Å². The molecule has 2 heterocycles. The van der Waals surface area contributed by atoms with E-state index < -0.39 is 10.0 Å². The lowest BCUT2D eigenvalue weighted by Crippen LogP contribution is -2.39. The molecule has 0 amide bonds. The van der Waals surface area contributed by atoms with E-state index in [-0.39, 0.29) is 0 Å². The number of piperidine rings is 1. The Labute approximate surface area is 206 Å². The average Bonchev–Trinajstić information content (AvgIpc) is 3.29. The van der Waals surface area contributed by atoms with Crippen molar-refractivity contribution in [2.75, 3.05) is 13.1 Å². The normalized spacial score (nSPS) is 21.1. The molecule has 0 bridgehead atoms. The van der Waals surface area contributed by atoms with Gasteiger partial charge in [0.15, 0.2) is 4.80 Å². The monoisotopic (exact) mass is 495 g/mol. The van der Waals surface area contributed by atoms with E-state index in [0.717, 1.165) is 47.4 Å². The van der Waals surface area contributed by atoms with E-state index >= 15 is 0 Å². The van der Waals surface area contributed by atoms with E-state index in [9.17, 15) is 8.42 Å². The van der Waals surface area contributed by atoms with Crippen molar-refractivity contribution >= 4 is 27.0 Å². The van der Waals surface area contributed by atoms with Crippen molar-refractivity contribution in [3.05, 3.63) is 64.8 Å². The van der Waals surface area contributed by atoms with Gasteiger partial charge in [-0.3, -0.25) is 0 Å². The molecule has 2 fully saturated rings. The highest BCUT2D eigenvalue weighted by Gasteiger charge is 2.29. The van der Waals surface area contributed by atoms with E-state index in [0.29, 0.717) is 29.9 Å². The summed E-state index contributed by atoms with van der Waals surface area (Å²) < 4.78 is 30.9. The number of benzene rings is 2. The molecule has 0 N–H and O–H groups in total. The van der Waals surface area contributed by atoms with Crippen LogP contribution < -0.4 is 4.80 Å². The number of aromatic nitrogens is 1. The van der Waals surface area contributed by atoms with Gasteiger partial charge in [0.25, 0.3) is 0 Å². The van der Waals surface area contributed by atoms with Crippen LogP contribution in [0.4, 0.5) is 5.69 Å². The lowest BCUT2D eigenvalue weighted by molar-refractivity contribution is 0.281. The van der Waals surface area contributed by atoms with Gasteiger partial charge in [-0.1, -0.05) is 56.5 Å². The summed E-state index contributed by atoms with van der Waals surface area (Å²) in [4.78, 5) is 6.34. The highest BCUT2D eigenvalue weighted by atomic mass is 32.2. The zero-order chi connectivity index (χ0) is 23.5. The first-order valence-electron chi connectivity index (χ1n) is 12.4. The Morgan fingerprint density at radius 1 is 0.941 bits per heavy atom. The molecule has 34 heavy (non-hydrogen) atoms. The second-order valence-corrected chi connectivity index (χ2v) is 12.4. The maximum atomic E-state index is 13.5. The molecule has 3 aromatic rings. The summed E-state index contributed by atoms with van der Waals surface area (Å²) in [6.07, 6.45) is 8.01. The molecule has 7 heteroatoms. The van der Waals surface area contributed by atoms with Crippen LogP contribution in [0.3, 0.4) is 0 Å². The largest absolute Gasteiger partial charge is 0.313 e. The van der Waals surface area contributed by atoms with Gasteiger partial charge in [0.1, 0.15) is 0 Å². The van der Waals surface area contributed by atoms with Gasteiger partial charge < -0.3 is 4.57 Å². The maximum absolute atomic E-state index is 13.5. The van der Waals surface area contributed by atoms with E-state index in [1.165, 1.54) is 19.3 Å². The molecule has 1 unspecified atom stereocenters. The van der Waals surface area contributed by atoms with Crippen LogP contribution in [-0.4, -0.2) is 30.4 Å². The highest BCUT2D eigenvalue weighted by molar-refractivity contribution is 7.89. The van der Waals surface area contributed by atoms with Gasteiger partial charge in [-0.15, -0.1) is 11.3 Å². The standard InChI is InChI=1S/C27H33N3O2S2/c1-21-10-9-17-29(19-21)34(31,32)25-16-8-11-22(18-25)26-20-33-27(28-23-12-4-2-5-13-23)30(26)24-14-6-3-7-15-24/h2,4-5,8,11-13,16,18,20-21,24H,3,6-7,9-10,14-15,17,19H2,1H3. The Balaban J connectivity index is 1.57. The third-order valence-electron chi connectivity index (χ3n) is 7.05. The van der Waals surface area contributed by atoms with Crippen molar-refractivity contribution in [2.24, 2.45) is 10.9 Å². The third-order valence-corrected chi connectivity index (χ3v) is 9.75. The Hall–Kier alpha value is -2.22. The van der Waals surface area contributed by atoms with Gasteiger partial charge in [-0.05, 0) is 55.9 Å². The molecular formula is C27H33N3O2S2. The second-order valence-electron chi connectivity index (χ2n) is 9.65. The molecule has 1 saturated heterocycles. The maximum Gasteiger partial charge on any atom is 0.243 e. The first kappa shape index (κ1) is 23.5. The molecule has 0 spiro atoms. The fraction of sp³-hybridized carbons (Fsp3) is 0.444. The number of hydrogen-bond acceptors (Lipinski definition) is 4. The van der Waals surface area contributed by atoms with Crippen LogP contribution in [0, 0.1) is 5.92 Å². The van der Waals surface area contributed by atoms with Crippen molar-refractivity contribution < 1.29 is 8.42 Å². The van der Waals surface area contributed by atoms with Crippen LogP contribution in [0.25, 0.3) is 11.3 Å². The third kappa shape index (κ3) is 4.92. The van der Waals surface area contributed by atoms with Crippen molar-refractivity contribution in [3.8, 4) is 11.3 Å². The van der Waals surface area contributed by atoms with E-state index in [2.05, 4.69) is 16.9 Å². The minimum absolute atomic E-state index is 0.390. The minimum atomic E-state index is -3.50. The van der Waals surface area contributed by atoms with Crippen molar-refractivity contribution in [3.63, 3.8) is 0 Å². The van der Waals surface area contributed by atoms with E-state index in [4.69, 9.17) is 4.99 Å². The predicted octanol–water partition coefficient (Wildman–Crippen LogP) is 6.37. The lowest BCUT2D eigenvalue weighted by Gasteiger charge is -2.30. The van der Waals surface area contributed by atoms with E-state index in [1.54, 1.807) is 21.7 Å². The van der Waals surface area contributed by atoms with Crippen LogP contribution in [0.2, 0.25) is 0 Å². The van der Waals surface area contributed by atoms with Gasteiger partial charge in [-0.2, -0.15) is 4.31 Å². The molecule has 1 atom stereocenters. The number of hydrogen-bond donors (Lipinski definition) is 0. The first-order valence-corrected chi connectivity index (χ1v) is 14.7. The van der Waals surface area contributed by atoms with Gasteiger partial charge in [0.2, 0.25) is 10.0 Å². The van der Waals surface area contributed by atoms with Gasteiger partial charge in [0, 0.05) is 30.1 Å². The summed E-state index contributed by atoms with van der Waals surface area (Å²) in [7, 11) is -3.50. The molecule has 5 nitrogen and oxygen atoms in total. The summed E-state index contributed by atoms with van der Waals surface area (Å²) in [6.45, 7) is 3.35. The number of rotatable bonds is 5. The molecule has 2 aliphatic rings. The number of para-hydroxylation sites is 1. The number of nitrogens with zero attached hydrogens (tertiary/aromatic N) is 3. The van der Waals surface area contributed by atoms with Crippen LogP contribution in [-0.2, 0) is 10.0 Å². The molecule has 0 radical (unpaired) electrons. The number of sulfonamides is 1. The Kier molecular flexibility index (Phi) is 7.04. The van der Waals surface area contributed by atoms with Crippen molar-refractivity contribution in [1.29, 1.82) is 0 Å². The van der Waals surface area contributed by atoms with Crippen LogP contribution in [0.1, 0.15) is 57.9 Å². The minimum Gasteiger partial charge on any atom is -0.313 e. The molecule has 1 aromatic heterocycles. The molecule has 2 aromatic carbocycles. The van der Waals surface area contributed by atoms with Gasteiger partial charge in [-0.25, -0.2) is 13.4 Å². The summed E-state index contributed by atoms with van der Waals surface area (Å²) >= 11 is 1.64. The topological polar surface area (TPSA) is 54.7 Å². The first-order chi connectivity index (χ1) is 16.5. The lowest BCUT2D eigenvalue weighted by atomic mass is 9.95. The van der Waals surface area contributed by atoms with E-state index in [1.807, 2.05) is 48.5 Å².